The Morgan fingerprint density at radius 3 is 3.06 bits per heavy atom. The Morgan fingerprint density at radius 1 is 1.62 bits per heavy atom. The minimum atomic E-state index is 0.236. The molecule has 88 valence electrons. The summed E-state index contributed by atoms with van der Waals surface area (Å²) >= 11 is 1.99. The standard InChI is InChI=1S/C12H18N2OS/c1-10-7-14(5-6-16-10)9-12(15)11-3-4-13(2)8-11/h3-4,8,10H,5-7,9H2,1-2H3. The number of thioether (sulfide) groups is 1. The van der Waals surface area contributed by atoms with Gasteiger partial charge in [-0.15, -0.1) is 0 Å². The van der Waals surface area contributed by atoms with Crippen molar-refractivity contribution in [3.63, 3.8) is 0 Å². The maximum atomic E-state index is 12.0. The first-order valence-electron chi connectivity index (χ1n) is 5.64. The van der Waals surface area contributed by atoms with Gasteiger partial charge in [0.25, 0.3) is 0 Å². The summed E-state index contributed by atoms with van der Waals surface area (Å²) in [5, 5.41) is 0.650. The molecule has 3 nitrogen and oxygen atoms in total. The summed E-state index contributed by atoms with van der Waals surface area (Å²) < 4.78 is 1.92. The van der Waals surface area contributed by atoms with Gasteiger partial charge in [-0.25, -0.2) is 0 Å². The van der Waals surface area contributed by atoms with E-state index < -0.39 is 0 Å². The summed E-state index contributed by atoms with van der Waals surface area (Å²) in [6.45, 7) is 4.86. The van der Waals surface area contributed by atoms with Gasteiger partial charge in [0.2, 0.25) is 0 Å². The summed E-state index contributed by atoms with van der Waals surface area (Å²) in [5.74, 6) is 1.38. The molecule has 1 aromatic rings. The fourth-order valence-electron chi connectivity index (χ4n) is 2.00. The van der Waals surface area contributed by atoms with E-state index >= 15 is 0 Å². The van der Waals surface area contributed by atoms with Gasteiger partial charge < -0.3 is 4.57 Å². The van der Waals surface area contributed by atoms with E-state index in [1.165, 1.54) is 0 Å². The van der Waals surface area contributed by atoms with Crippen LogP contribution in [0.15, 0.2) is 18.5 Å². The number of aromatic nitrogens is 1. The van der Waals surface area contributed by atoms with Gasteiger partial charge in [-0.05, 0) is 6.07 Å². The molecule has 1 unspecified atom stereocenters. The van der Waals surface area contributed by atoms with Crippen LogP contribution in [0.4, 0.5) is 0 Å². The molecule has 4 heteroatoms. The first-order valence-corrected chi connectivity index (χ1v) is 6.69. The van der Waals surface area contributed by atoms with Gasteiger partial charge >= 0.3 is 0 Å². The molecule has 1 fully saturated rings. The molecule has 0 spiro atoms. The van der Waals surface area contributed by atoms with Crippen LogP contribution in [0.1, 0.15) is 17.3 Å². The summed E-state index contributed by atoms with van der Waals surface area (Å²) in [5.41, 5.74) is 0.827. The van der Waals surface area contributed by atoms with Crippen LogP contribution in [0.25, 0.3) is 0 Å². The van der Waals surface area contributed by atoms with Crippen molar-refractivity contribution in [3.05, 3.63) is 24.0 Å². The Balaban J connectivity index is 1.92. The first-order chi connectivity index (χ1) is 7.65. The molecule has 1 aliphatic rings. The number of carbonyl (C=O) groups excluding carboxylic acids is 1. The van der Waals surface area contributed by atoms with E-state index in [0.717, 1.165) is 24.4 Å². The Labute approximate surface area is 101 Å². The molecule has 0 N–H and O–H groups in total. The quantitative estimate of drug-likeness (QED) is 0.749. The molecule has 1 atom stereocenters. The topological polar surface area (TPSA) is 25.2 Å². The number of carbonyl (C=O) groups is 1. The van der Waals surface area contributed by atoms with Crippen LogP contribution in [-0.2, 0) is 7.05 Å². The number of ketones is 1. The molecule has 0 aromatic carbocycles. The fraction of sp³-hybridized carbons (Fsp3) is 0.583. The van der Waals surface area contributed by atoms with Crippen molar-refractivity contribution in [1.82, 2.24) is 9.47 Å². The van der Waals surface area contributed by atoms with Crippen LogP contribution < -0.4 is 0 Å². The summed E-state index contributed by atoms with van der Waals surface area (Å²) in [7, 11) is 1.94. The zero-order valence-corrected chi connectivity index (χ0v) is 10.7. The monoisotopic (exact) mass is 238 g/mol. The lowest BCUT2D eigenvalue weighted by Crippen LogP contribution is -2.39. The van der Waals surface area contributed by atoms with Crippen LogP contribution in [0.3, 0.4) is 0 Å². The second kappa shape index (κ2) is 5.06. The van der Waals surface area contributed by atoms with Gasteiger partial charge in [0.1, 0.15) is 0 Å². The van der Waals surface area contributed by atoms with E-state index in [-0.39, 0.29) is 5.78 Å². The third-order valence-corrected chi connectivity index (χ3v) is 3.98. The van der Waals surface area contributed by atoms with E-state index in [1.807, 2.05) is 41.8 Å². The third-order valence-electron chi connectivity index (χ3n) is 2.85. The SMILES string of the molecule is CC1CN(CC(=O)c2ccn(C)c2)CCS1. The van der Waals surface area contributed by atoms with Crippen molar-refractivity contribution in [2.45, 2.75) is 12.2 Å². The highest BCUT2D eigenvalue weighted by Gasteiger charge is 2.19. The molecule has 2 heterocycles. The Morgan fingerprint density at radius 2 is 2.44 bits per heavy atom. The average Bonchev–Trinajstić information content (AvgIpc) is 2.65. The zero-order valence-electron chi connectivity index (χ0n) is 9.85. The van der Waals surface area contributed by atoms with Crippen molar-refractivity contribution in [2.75, 3.05) is 25.4 Å². The molecule has 16 heavy (non-hydrogen) atoms. The van der Waals surface area contributed by atoms with Gasteiger partial charge in [-0.3, -0.25) is 9.69 Å². The smallest absolute Gasteiger partial charge is 0.178 e. The van der Waals surface area contributed by atoms with E-state index in [2.05, 4.69) is 11.8 Å². The number of rotatable bonds is 3. The maximum absolute atomic E-state index is 12.0. The van der Waals surface area contributed by atoms with Gasteiger partial charge in [0.05, 0.1) is 6.54 Å². The van der Waals surface area contributed by atoms with Crippen LogP contribution in [0, 0.1) is 0 Å². The predicted molar refractivity (Wildman–Crippen MR) is 68.1 cm³/mol. The molecular formula is C12H18N2OS. The van der Waals surface area contributed by atoms with Gasteiger partial charge in [0, 0.05) is 49.1 Å². The fourth-order valence-corrected chi connectivity index (χ4v) is 3.08. The molecule has 0 aliphatic carbocycles. The molecule has 0 amide bonds. The van der Waals surface area contributed by atoms with Gasteiger partial charge in [-0.2, -0.15) is 11.8 Å². The highest BCUT2D eigenvalue weighted by Crippen LogP contribution is 2.17. The second-order valence-corrected chi connectivity index (χ2v) is 5.95. The number of nitrogens with zero attached hydrogens (tertiary/aromatic N) is 2. The third kappa shape index (κ3) is 2.89. The van der Waals surface area contributed by atoms with Gasteiger partial charge in [0.15, 0.2) is 5.78 Å². The zero-order chi connectivity index (χ0) is 11.5. The molecule has 1 aromatic heterocycles. The van der Waals surface area contributed by atoms with Crippen molar-refractivity contribution < 1.29 is 4.79 Å². The lowest BCUT2D eigenvalue weighted by atomic mass is 10.2. The van der Waals surface area contributed by atoms with E-state index in [0.29, 0.717) is 11.8 Å². The summed E-state index contributed by atoms with van der Waals surface area (Å²) in [4.78, 5) is 14.2. The average molecular weight is 238 g/mol. The minimum Gasteiger partial charge on any atom is -0.357 e. The molecule has 1 aliphatic heterocycles. The van der Waals surface area contributed by atoms with Crippen molar-refractivity contribution >= 4 is 17.5 Å². The molecular weight excluding hydrogens is 220 g/mol. The molecule has 2 rings (SSSR count). The maximum Gasteiger partial charge on any atom is 0.178 e. The van der Waals surface area contributed by atoms with Crippen LogP contribution in [-0.4, -0.2) is 45.9 Å². The lowest BCUT2D eigenvalue weighted by molar-refractivity contribution is 0.0934. The van der Waals surface area contributed by atoms with Crippen molar-refractivity contribution in [1.29, 1.82) is 0 Å². The molecule has 1 saturated heterocycles. The molecule has 0 saturated carbocycles. The minimum absolute atomic E-state index is 0.236. The van der Waals surface area contributed by atoms with E-state index in [1.54, 1.807) is 0 Å². The predicted octanol–water partition coefficient (Wildman–Crippen LogP) is 1.65. The van der Waals surface area contributed by atoms with Crippen molar-refractivity contribution in [3.8, 4) is 0 Å². The van der Waals surface area contributed by atoms with Gasteiger partial charge in [-0.1, -0.05) is 6.92 Å². The van der Waals surface area contributed by atoms with Crippen LogP contribution in [0.2, 0.25) is 0 Å². The second-order valence-electron chi connectivity index (χ2n) is 4.41. The van der Waals surface area contributed by atoms with E-state index in [9.17, 15) is 4.79 Å². The largest absolute Gasteiger partial charge is 0.357 e. The highest BCUT2D eigenvalue weighted by molar-refractivity contribution is 7.99. The molecule has 0 bridgehead atoms. The number of aryl methyl sites for hydroxylation is 1. The number of hydrogen-bond acceptors (Lipinski definition) is 3. The Kier molecular flexibility index (Phi) is 3.71. The number of Topliss-reactive ketones (excluding diaryl/α,β-unsaturated/α-hetero) is 1. The Bertz CT molecular complexity index is 375. The van der Waals surface area contributed by atoms with Crippen LogP contribution in [0.5, 0.6) is 0 Å². The normalized spacial score (nSPS) is 22.2. The van der Waals surface area contributed by atoms with Crippen molar-refractivity contribution in [2.24, 2.45) is 7.05 Å². The van der Waals surface area contributed by atoms with E-state index in [4.69, 9.17) is 0 Å². The summed E-state index contributed by atoms with van der Waals surface area (Å²) in [6, 6.07) is 1.89. The molecule has 0 radical (unpaired) electrons. The highest BCUT2D eigenvalue weighted by atomic mass is 32.2. The Hall–Kier alpha value is -0.740. The van der Waals surface area contributed by atoms with Crippen LogP contribution >= 0.6 is 11.8 Å². The number of hydrogen-bond donors (Lipinski definition) is 0. The lowest BCUT2D eigenvalue weighted by Gasteiger charge is -2.29. The first kappa shape index (κ1) is 11.7. The summed E-state index contributed by atoms with van der Waals surface area (Å²) in [6.07, 6.45) is 3.81.